The average Bonchev–Trinajstić information content (AvgIpc) is 3.12. The van der Waals surface area contributed by atoms with Gasteiger partial charge in [0, 0.05) is 10.5 Å². The molecule has 1 aromatic carbocycles. The standard InChI is InChI=1S/C16H17N3O5/c1-2-22-14(20)9-23-18-12-6-4-3-5-10(12)11-7-8-13-15(16(11)18)17-24-19(13)21/h7-8H,2-6,9H2,1H3. The summed E-state index contributed by atoms with van der Waals surface area (Å²) >= 11 is 0. The molecule has 1 aliphatic carbocycles. The predicted octanol–water partition coefficient (Wildman–Crippen LogP) is 1.29. The molecule has 4 rings (SSSR count). The Morgan fingerprint density at radius 2 is 2.25 bits per heavy atom. The van der Waals surface area contributed by atoms with E-state index in [2.05, 4.69) is 5.16 Å². The highest BCUT2D eigenvalue weighted by molar-refractivity contribution is 6.03. The van der Waals surface area contributed by atoms with Crippen molar-refractivity contribution in [2.75, 3.05) is 13.2 Å². The Labute approximate surface area is 137 Å². The number of hydrogen-bond donors (Lipinski definition) is 0. The van der Waals surface area contributed by atoms with Crippen molar-refractivity contribution in [2.24, 2.45) is 0 Å². The Balaban J connectivity index is 1.88. The second-order valence-corrected chi connectivity index (χ2v) is 5.76. The zero-order valence-electron chi connectivity index (χ0n) is 13.3. The molecule has 0 amide bonds. The van der Waals surface area contributed by atoms with Gasteiger partial charge in [0.2, 0.25) is 12.1 Å². The summed E-state index contributed by atoms with van der Waals surface area (Å²) in [5.41, 5.74) is 3.64. The molecular formula is C16H17N3O5. The SMILES string of the molecule is CCOC(=O)COn1c2c(c3ccc4c(no[n+]4[O-])c31)CCCC2. The summed E-state index contributed by atoms with van der Waals surface area (Å²) in [4.78, 5) is 17.8. The van der Waals surface area contributed by atoms with Crippen LogP contribution in [0.2, 0.25) is 0 Å². The predicted molar refractivity (Wildman–Crippen MR) is 83.2 cm³/mol. The molecule has 0 fully saturated rings. The van der Waals surface area contributed by atoms with Crippen LogP contribution in [0.25, 0.3) is 21.9 Å². The number of benzene rings is 1. The molecule has 8 nitrogen and oxygen atoms in total. The van der Waals surface area contributed by atoms with Gasteiger partial charge in [-0.1, -0.05) is 0 Å². The molecule has 0 saturated carbocycles. The van der Waals surface area contributed by atoms with Crippen molar-refractivity contribution >= 4 is 27.9 Å². The molecule has 0 unspecified atom stereocenters. The van der Waals surface area contributed by atoms with Gasteiger partial charge in [-0.3, -0.25) is 4.63 Å². The van der Waals surface area contributed by atoms with Crippen molar-refractivity contribution in [1.29, 1.82) is 0 Å². The maximum atomic E-state index is 11.7. The summed E-state index contributed by atoms with van der Waals surface area (Å²) in [6.45, 7) is 1.85. The van der Waals surface area contributed by atoms with Crippen molar-refractivity contribution in [3.8, 4) is 0 Å². The molecule has 0 N–H and O–H groups in total. The van der Waals surface area contributed by atoms with Gasteiger partial charge in [0.05, 0.1) is 12.3 Å². The minimum Gasteiger partial charge on any atom is -0.463 e. The lowest BCUT2D eigenvalue weighted by molar-refractivity contribution is -0.782. The largest absolute Gasteiger partial charge is 0.463 e. The zero-order valence-corrected chi connectivity index (χ0v) is 13.3. The molecule has 1 aliphatic rings. The number of esters is 1. The third-order valence-corrected chi connectivity index (χ3v) is 4.36. The molecule has 0 atom stereocenters. The second kappa shape index (κ2) is 5.70. The van der Waals surface area contributed by atoms with Crippen LogP contribution in [0.5, 0.6) is 0 Å². The van der Waals surface area contributed by atoms with Gasteiger partial charge in [0.25, 0.3) is 5.52 Å². The highest BCUT2D eigenvalue weighted by Crippen LogP contribution is 2.34. The molecule has 8 heteroatoms. The zero-order chi connectivity index (χ0) is 16.7. The summed E-state index contributed by atoms with van der Waals surface area (Å²) in [5, 5.41) is 16.5. The molecular weight excluding hydrogens is 314 g/mol. The minimum atomic E-state index is -0.435. The number of carbonyl (C=O) groups is 1. The van der Waals surface area contributed by atoms with E-state index >= 15 is 0 Å². The Bertz CT molecular complexity index is 927. The maximum Gasteiger partial charge on any atom is 0.346 e. The summed E-state index contributed by atoms with van der Waals surface area (Å²) < 4.78 is 11.3. The van der Waals surface area contributed by atoms with E-state index in [-0.39, 0.29) is 6.61 Å². The van der Waals surface area contributed by atoms with Crippen LogP contribution in [-0.2, 0) is 22.4 Å². The van der Waals surface area contributed by atoms with E-state index in [0.717, 1.165) is 36.8 Å². The van der Waals surface area contributed by atoms with E-state index in [1.165, 1.54) is 5.56 Å². The lowest BCUT2D eigenvalue weighted by Crippen LogP contribution is -2.24. The monoisotopic (exact) mass is 331 g/mol. The third-order valence-electron chi connectivity index (χ3n) is 4.36. The number of aryl methyl sites for hydroxylation is 1. The molecule has 24 heavy (non-hydrogen) atoms. The topological polar surface area (TPSA) is 93.4 Å². The van der Waals surface area contributed by atoms with Gasteiger partial charge in [0.1, 0.15) is 5.52 Å². The molecule has 0 spiro atoms. The first kappa shape index (κ1) is 14.8. The number of hydrogen-bond acceptors (Lipinski definition) is 6. The molecule has 0 saturated heterocycles. The van der Waals surface area contributed by atoms with Crippen molar-refractivity contribution in [3.63, 3.8) is 0 Å². The lowest BCUT2D eigenvalue weighted by Gasteiger charge is -2.15. The van der Waals surface area contributed by atoms with Gasteiger partial charge in [-0.05, 0) is 55.2 Å². The number of aromatic nitrogens is 3. The number of ether oxygens (including phenoxy) is 1. The van der Waals surface area contributed by atoms with Gasteiger partial charge in [-0.2, -0.15) is 4.73 Å². The van der Waals surface area contributed by atoms with E-state index in [1.54, 1.807) is 17.7 Å². The van der Waals surface area contributed by atoms with Gasteiger partial charge in [-0.25, -0.2) is 4.79 Å². The third kappa shape index (κ3) is 2.17. The quantitative estimate of drug-likeness (QED) is 0.528. The minimum absolute atomic E-state index is 0.199. The van der Waals surface area contributed by atoms with Gasteiger partial charge in [-0.15, -0.1) is 0 Å². The van der Waals surface area contributed by atoms with Crippen LogP contribution in [0, 0.1) is 5.21 Å². The van der Waals surface area contributed by atoms with Crippen LogP contribution >= 0.6 is 0 Å². The van der Waals surface area contributed by atoms with Gasteiger partial charge in [0.15, 0.2) is 0 Å². The molecule has 2 aromatic heterocycles. The van der Waals surface area contributed by atoms with Crippen molar-refractivity contribution in [2.45, 2.75) is 32.6 Å². The first-order valence-electron chi connectivity index (χ1n) is 8.04. The Morgan fingerprint density at radius 1 is 1.42 bits per heavy atom. The number of carbonyl (C=O) groups excluding carboxylic acids is 1. The fraction of sp³-hybridized carbons (Fsp3) is 0.438. The summed E-state index contributed by atoms with van der Waals surface area (Å²) in [6.07, 6.45) is 3.93. The molecule has 2 heterocycles. The first-order valence-corrected chi connectivity index (χ1v) is 8.04. The Hall–Kier alpha value is -2.77. The normalized spacial score (nSPS) is 14.0. The molecule has 126 valence electrons. The van der Waals surface area contributed by atoms with Crippen LogP contribution in [0.15, 0.2) is 16.8 Å². The lowest BCUT2D eigenvalue weighted by atomic mass is 9.95. The van der Waals surface area contributed by atoms with Crippen LogP contribution in [-0.4, -0.2) is 29.1 Å². The number of rotatable bonds is 4. The summed E-state index contributed by atoms with van der Waals surface area (Å²) in [5.74, 6) is -0.435. The van der Waals surface area contributed by atoms with Crippen molar-refractivity contribution in [1.82, 2.24) is 9.89 Å². The van der Waals surface area contributed by atoms with Crippen molar-refractivity contribution < 1.29 is 23.9 Å². The first-order chi connectivity index (χ1) is 11.7. The van der Waals surface area contributed by atoms with E-state index in [4.69, 9.17) is 14.2 Å². The van der Waals surface area contributed by atoms with Crippen LogP contribution < -0.4 is 9.74 Å². The summed E-state index contributed by atoms with van der Waals surface area (Å²) in [7, 11) is 0. The van der Waals surface area contributed by atoms with E-state index in [0.29, 0.717) is 28.1 Å². The van der Waals surface area contributed by atoms with Crippen LogP contribution in [0.4, 0.5) is 0 Å². The summed E-state index contributed by atoms with van der Waals surface area (Å²) in [6, 6.07) is 3.59. The molecule has 0 radical (unpaired) electrons. The number of fused-ring (bicyclic) bond motifs is 5. The van der Waals surface area contributed by atoms with Crippen molar-refractivity contribution in [3.05, 3.63) is 28.6 Å². The second-order valence-electron chi connectivity index (χ2n) is 5.76. The molecule has 0 aliphatic heterocycles. The highest BCUT2D eigenvalue weighted by Gasteiger charge is 2.27. The molecule has 3 aromatic rings. The maximum absolute atomic E-state index is 11.7. The van der Waals surface area contributed by atoms with Gasteiger partial charge < -0.3 is 14.8 Å². The molecule has 0 bridgehead atoms. The fourth-order valence-electron chi connectivity index (χ4n) is 3.38. The smallest absolute Gasteiger partial charge is 0.346 e. The average molecular weight is 331 g/mol. The van der Waals surface area contributed by atoms with Crippen LogP contribution in [0.1, 0.15) is 31.0 Å². The van der Waals surface area contributed by atoms with E-state index in [1.807, 2.05) is 6.07 Å². The van der Waals surface area contributed by atoms with Crippen LogP contribution in [0.3, 0.4) is 0 Å². The van der Waals surface area contributed by atoms with E-state index < -0.39 is 5.97 Å². The Kier molecular flexibility index (Phi) is 3.51. The van der Waals surface area contributed by atoms with E-state index in [9.17, 15) is 10.0 Å². The fourth-order valence-corrected chi connectivity index (χ4v) is 3.38. The van der Waals surface area contributed by atoms with Gasteiger partial charge >= 0.3 is 5.97 Å². The number of nitrogens with zero attached hydrogens (tertiary/aromatic N) is 3. The highest BCUT2D eigenvalue weighted by atomic mass is 16.8. The Morgan fingerprint density at radius 3 is 3.08 bits per heavy atom.